The molecule has 1 aliphatic heterocycles. The van der Waals surface area contributed by atoms with E-state index in [0.717, 1.165) is 43.0 Å². The minimum atomic E-state index is -0.630. The molecule has 1 fully saturated rings. The van der Waals surface area contributed by atoms with Crippen molar-refractivity contribution in [3.63, 3.8) is 0 Å². The van der Waals surface area contributed by atoms with E-state index < -0.39 is 5.60 Å². The molecule has 18 heavy (non-hydrogen) atoms. The van der Waals surface area contributed by atoms with E-state index >= 15 is 0 Å². The first-order valence-corrected chi connectivity index (χ1v) is 6.81. The molecule has 2 heterocycles. The maximum Gasteiger partial charge on any atom is 0.137 e. The van der Waals surface area contributed by atoms with Crippen LogP contribution < -0.4 is 4.90 Å². The number of nitrogens with zero attached hydrogens (tertiary/aromatic N) is 3. The second-order valence-corrected chi connectivity index (χ2v) is 5.66. The lowest BCUT2D eigenvalue weighted by molar-refractivity contribution is 0.0839. The summed E-state index contributed by atoms with van der Waals surface area (Å²) in [5, 5.41) is 10.6. The van der Waals surface area contributed by atoms with Crippen LogP contribution in [-0.2, 0) is 6.42 Å². The molecule has 0 saturated carbocycles. The molecule has 0 spiro atoms. The summed E-state index contributed by atoms with van der Waals surface area (Å²) in [5.74, 6) is 1.66. The van der Waals surface area contributed by atoms with Gasteiger partial charge in [-0.3, -0.25) is 0 Å². The Morgan fingerprint density at radius 1 is 1.44 bits per heavy atom. The summed E-state index contributed by atoms with van der Waals surface area (Å²) in [6.07, 6.45) is 2.59. The number of β-amino-alcohol motifs (C(OH)–C–C–N with tert-alkyl or cyclic N) is 1. The van der Waals surface area contributed by atoms with Gasteiger partial charge in [-0.15, -0.1) is 0 Å². The fourth-order valence-electron chi connectivity index (χ4n) is 2.29. The van der Waals surface area contributed by atoms with E-state index in [2.05, 4.69) is 21.8 Å². The van der Waals surface area contributed by atoms with Gasteiger partial charge in [0.15, 0.2) is 0 Å². The number of rotatable bonds is 3. The molecule has 4 nitrogen and oxygen atoms in total. The van der Waals surface area contributed by atoms with E-state index in [1.165, 1.54) is 0 Å². The summed E-state index contributed by atoms with van der Waals surface area (Å²) < 4.78 is 0. The number of aromatic nitrogens is 2. The van der Waals surface area contributed by atoms with E-state index in [1.54, 1.807) is 0 Å². The van der Waals surface area contributed by atoms with Crippen LogP contribution in [0.5, 0.6) is 0 Å². The molecule has 0 aromatic carbocycles. The van der Waals surface area contributed by atoms with Crippen LogP contribution >= 0.6 is 11.6 Å². The van der Waals surface area contributed by atoms with Crippen molar-refractivity contribution in [2.45, 2.75) is 45.6 Å². The SMILES string of the molecule is CCCc1nc(Cl)c(C)c(N2CCC(C)(O)C2)n1. The normalized spacial score (nSPS) is 23.7. The summed E-state index contributed by atoms with van der Waals surface area (Å²) in [4.78, 5) is 11.0. The number of halogens is 1. The Labute approximate surface area is 113 Å². The van der Waals surface area contributed by atoms with Gasteiger partial charge in [0.1, 0.15) is 16.8 Å². The van der Waals surface area contributed by atoms with Crippen LogP contribution in [0.1, 0.15) is 38.1 Å². The molecule has 1 N–H and O–H groups in total. The van der Waals surface area contributed by atoms with Gasteiger partial charge in [-0.1, -0.05) is 18.5 Å². The highest BCUT2D eigenvalue weighted by Crippen LogP contribution is 2.30. The molecule has 1 aromatic rings. The number of aliphatic hydroxyl groups is 1. The molecule has 1 aliphatic rings. The van der Waals surface area contributed by atoms with E-state index in [4.69, 9.17) is 11.6 Å². The zero-order chi connectivity index (χ0) is 13.3. The van der Waals surface area contributed by atoms with Crippen LogP contribution in [0.3, 0.4) is 0 Å². The largest absolute Gasteiger partial charge is 0.388 e. The van der Waals surface area contributed by atoms with E-state index in [1.807, 2.05) is 13.8 Å². The number of hydrogen-bond acceptors (Lipinski definition) is 4. The van der Waals surface area contributed by atoms with Crippen molar-refractivity contribution in [3.05, 3.63) is 16.5 Å². The zero-order valence-corrected chi connectivity index (χ0v) is 12.0. The topological polar surface area (TPSA) is 49.2 Å². The maximum absolute atomic E-state index is 10.0. The summed E-state index contributed by atoms with van der Waals surface area (Å²) in [5.41, 5.74) is 0.267. The van der Waals surface area contributed by atoms with Crippen LogP contribution in [0, 0.1) is 6.92 Å². The van der Waals surface area contributed by atoms with Crippen molar-refractivity contribution in [1.82, 2.24) is 9.97 Å². The molecule has 1 aromatic heterocycles. The van der Waals surface area contributed by atoms with Crippen LogP contribution in [0.4, 0.5) is 5.82 Å². The molecule has 2 rings (SSSR count). The van der Waals surface area contributed by atoms with E-state index in [-0.39, 0.29) is 0 Å². The van der Waals surface area contributed by atoms with Crippen molar-refractivity contribution in [2.24, 2.45) is 0 Å². The van der Waals surface area contributed by atoms with E-state index in [0.29, 0.717) is 11.7 Å². The fraction of sp³-hybridized carbons (Fsp3) is 0.692. The van der Waals surface area contributed by atoms with Gasteiger partial charge in [-0.2, -0.15) is 0 Å². The molecule has 0 aliphatic carbocycles. The zero-order valence-electron chi connectivity index (χ0n) is 11.2. The highest BCUT2D eigenvalue weighted by molar-refractivity contribution is 6.30. The number of hydrogen-bond donors (Lipinski definition) is 1. The van der Waals surface area contributed by atoms with Gasteiger partial charge in [0.25, 0.3) is 0 Å². The van der Waals surface area contributed by atoms with Crippen molar-refractivity contribution in [1.29, 1.82) is 0 Å². The Hall–Kier alpha value is -0.870. The Morgan fingerprint density at radius 3 is 2.72 bits per heavy atom. The summed E-state index contributed by atoms with van der Waals surface area (Å²) in [7, 11) is 0. The van der Waals surface area contributed by atoms with Crippen molar-refractivity contribution < 1.29 is 5.11 Å². The molecule has 0 bridgehead atoms. The summed E-state index contributed by atoms with van der Waals surface area (Å²) in [6.45, 7) is 7.30. The molecule has 5 heteroatoms. The second kappa shape index (κ2) is 5.02. The second-order valence-electron chi connectivity index (χ2n) is 5.30. The molecule has 0 amide bonds. The average molecular weight is 270 g/mol. The van der Waals surface area contributed by atoms with Crippen LogP contribution in [0.25, 0.3) is 0 Å². The quantitative estimate of drug-likeness (QED) is 0.856. The number of aryl methyl sites for hydroxylation is 1. The average Bonchev–Trinajstić information content (AvgIpc) is 2.64. The van der Waals surface area contributed by atoms with Crippen molar-refractivity contribution in [2.75, 3.05) is 18.0 Å². The molecule has 1 saturated heterocycles. The van der Waals surface area contributed by atoms with E-state index in [9.17, 15) is 5.11 Å². The fourth-order valence-corrected chi connectivity index (χ4v) is 2.47. The lowest BCUT2D eigenvalue weighted by atomic mass is 10.1. The maximum atomic E-state index is 10.0. The Kier molecular flexibility index (Phi) is 3.78. The Balaban J connectivity index is 2.32. The molecule has 0 radical (unpaired) electrons. The lowest BCUT2D eigenvalue weighted by Crippen LogP contribution is -2.30. The predicted octanol–water partition coefficient (Wildman–Crippen LogP) is 2.35. The minimum Gasteiger partial charge on any atom is -0.388 e. The van der Waals surface area contributed by atoms with Crippen LogP contribution in [-0.4, -0.2) is 33.8 Å². The van der Waals surface area contributed by atoms with Gasteiger partial charge in [-0.25, -0.2) is 9.97 Å². The molecule has 1 atom stereocenters. The monoisotopic (exact) mass is 269 g/mol. The highest BCUT2D eigenvalue weighted by Gasteiger charge is 2.33. The first kappa shape index (κ1) is 13.6. The lowest BCUT2D eigenvalue weighted by Gasteiger charge is -2.22. The Bertz CT molecular complexity index is 448. The molecule has 1 unspecified atom stereocenters. The van der Waals surface area contributed by atoms with Gasteiger partial charge >= 0.3 is 0 Å². The number of anilines is 1. The third-order valence-electron chi connectivity index (χ3n) is 3.33. The molecule has 100 valence electrons. The summed E-state index contributed by atoms with van der Waals surface area (Å²) in [6, 6.07) is 0. The van der Waals surface area contributed by atoms with Crippen molar-refractivity contribution in [3.8, 4) is 0 Å². The van der Waals surface area contributed by atoms with Gasteiger partial charge < -0.3 is 10.0 Å². The van der Waals surface area contributed by atoms with Crippen LogP contribution in [0.15, 0.2) is 0 Å². The standard InChI is InChI=1S/C13H20ClN3O/c1-4-5-10-15-11(14)9(2)12(16-10)17-7-6-13(3,18)8-17/h18H,4-8H2,1-3H3. The van der Waals surface area contributed by atoms with Crippen molar-refractivity contribution >= 4 is 17.4 Å². The first-order chi connectivity index (χ1) is 8.43. The minimum absolute atomic E-state index is 0.523. The highest BCUT2D eigenvalue weighted by atomic mass is 35.5. The third-order valence-corrected chi connectivity index (χ3v) is 3.70. The van der Waals surface area contributed by atoms with Gasteiger partial charge in [-0.05, 0) is 26.7 Å². The first-order valence-electron chi connectivity index (χ1n) is 6.43. The molecular formula is C13H20ClN3O. The van der Waals surface area contributed by atoms with Gasteiger partial charge in [0, 0.05) is 25.1 Å². The smallest absolute Gasteiger partial charge is 0.137 e. The predicted molar refractivity (Wildman–Crippen MR) is 73.2 cm³/mol. The Morgan fingerprint density at radius 2 is 2.17 bits per heavy atom. The summed E-state index contributed by atoms with van der Waals surface area (Å²) >= 11 is 6.16. The van der Waals surface area contributed by atoms with Crippen LogP contribution in [0.2, 0.25) is 5.15 Å². The molecular weight excluding hydrogens is 250 g/mol. The van der Waals surface area contributed by atoms with Gasteiger partial charge in [0.2, 0.25) is 0 Å². The van der Waals surface area contributed by atoms with Gasteiger partial charge in [0.05, 0.1) is 5.60 Å². The third kappa shape index (κ3) is 2.75.